The summed E-state index contributed by atoms with van der Waals surface area (Å²) in [4.78, 5) is 3.82. The molecule has 0 radical (unpaired) electrons. The molecule has 106 valence electrons. The number of nitrogens with one attached hydrogen (secondary N) is 1. The molecule has 0 aliphatic carbocycles. The van der Waals surface area contributed by atoms with Gasteiger partial charge in [-0.1, -0.05) is 0 Å². The predicted octanol–water partition coefficient (Wildman–Crippen LogP) is 3.33. The molecule has 1 atom stereocenters. The van der Waals surface area contributed by atoms with Crippen LogP contribution in [0, 0.1) is 5.92 Å². The lowest BCUT2D eigenvalue weighted by atomic mass is 9.93. The van der Waals surface area contributed by atoms with E-state index in [0.29, 0.717) is 11.7 Å². The highest BCUT2D eigenvalue weighted by molar-refractivity contribution is 5.37. The fraction of sp³-hybridized carbons (Fsp3) is 0.615. The zero-order valence-electron chi connectivity index (χ0n) is 10.7. The van der Waals surface area contributed by atoms with E-state index in [1.54, 1.807) is 0 Å². The molecule has 0 amide bonds. The Bertz CT molecular complexity index is 399. The predicted molar refractivity (Wildman–Crippen MR) is 65.9 cm³/mol. The largest absolute Gasteiger partial charge is 0.417 e. The van der Waals surface area contributed by atoms with E-state index in [1.165, 1.54) is 6.07 Å². The second kappa shape index (κ2) is 5.77. The van der Waals surface area contributed by atoms with E-state index in [-0.39, 0.29) is 6.04 Å². The zero-order valence-corrected chi connectivity index (χ0v) is 10.7. The summed E-state index contributed by atoms with van der Waals surface area (Å²) >= 11 is 0. The Labute approximate surface area is 110 Å². The lowest BCUT2D eigenvalue weighted by molar-refractivity contribution is -0.137. The fourth-order valence-corrected chi connectivity index (χ4v) is 2.21. The molecule has 0 aromatic carbocycles. The molecule has 0 unspecified atom stereocenters. The number of hydrogen-bond acceptors (Lipinski definition) is 3. The lowest BCUT2D eigenvalue weighted by Crippen LogP contribution is -2.31. The number of pyridine rings is 1. The van der Waals surface area contributed by atoms with Crippen LogP contribution in [0.4, 0.5) is 19.0 Å². The van der Waals surface area contributed by atoms with Gasteiger partial charge in [-0.25, -0.2) is 4.98 Å². The van der Waals surface area contributed by atoms with Crippen LogP contribution in [0.25, 0.3) is 0 Å². The van der Waals surface area contributed by atoms with E-state index < -0.39 is 11.7 Å². The number of hydrogen-bond donors (Lipinski definition) is 1. The topological polar surface area (TPSA) is 34.2 Å². The second-order valence-electron chi connectivity index (χ2n) is 4.81. The molecule has 1 fully saturated rings. The van der Waals surface area contributed by atoms with Crippen molar-refractivity contribution >= 4 is 5.82 Å². The van der Waals surface area contributed by atoms with Crippen LogP contribution in [0.2, 0.25) is 0 Å². The minimum absolute atomic E-state index is 0.174. The van der Waals surface area contributed by atoms with Gasteiger partial charge < -0.3 is 10.1 Å². The van der Waals surface area contributed by atoms with Gasteiger partial charge in [0.2, 0.25) is 0 Å². The van der Waals surface area contributed by atoms with Gasteiger partial charge >= 0.3 is 6.18 Å². The van der Waals surface area contributed by atoms with Gasteiger partial charge in [0.1, 0.15) is 5.82 Å². The van der Waals surface area contributed by atoms with Crippen LogP contribution < -0.4 is 5.32 Å². The summed E-state index contributed by atoms with van der Waals surface area (Å²) in [6.07, 6.45) is -1.54. The molecule has 1 aromatic heterocycles. The van der Waals surface area contributed by atoms with E-state index in [1.807, 2.05) is 6.92 Å². The number of anilines is 1. The molecule has 0 saturated carbocycles. The van der Waals surface area contributed by atoms with Gasteiger partial charge in [0, 0.05) is 25.5 Å². The molecule has 1 aromatic rings. The SMILES string of the molecule is C[C@@H](Nc1ccc(C(F)(F)F)cn1)C1CCOCC1. The van der Waals surface area contributed by atoms with Gasteiger partial charge in [-0.3, -0.25) is 0 Å². The number of halogens is 3. The average molecular weight is 274 g/mol. The Morgan fingerprint density at radius 3 is 2.53 bits per heavy atom. The molecular formula is C13H17F3N2O. The van der Waals surface area contributed by atoms with Crippen molar-refractivity contribution in [3.8, 4) is 0 Å². The monoisotopic (exact) mass is 274 g/mol. The van der Waals surface area contributed by atoms with Crippen molar-refractivity contribution in [1.29, 1.82) is 0 Å². The smallest absolute Gasteiger partial charge is 0.381 e. The van der Waals surface area contributed by atoms with Crippen LogP contribution in [-0.2, 0) is 10.9 Å². The van der Waals surface area contributed by atoms with Crippen LogP contribution in [-0.4, -0.2) is 24.2 Å². The van der Waals surface area contributed by atoms with Crippen molar-refractivity contribution in [2.24, 2.45) is 5.92 Å². The maximum absolute atomic E-state index is 12.4. The summed E-state index contributed by atoms with van der Waals surface area (Å²) in [5.74, 6) is 0.949. The van der Waals surface area contributed by atoms with Crippen molar-refractivity contribution in [2.75, 3.05) is 18.5 Å². The van der Waals surface area contributed by atoms with Gasteiger partial charge in [-0.15, -0.1) is 0 Å². The van der Waals surface area contributed by atoms with Crippen LogP contribution in [0.15, 0.2) is 18.3 Å². The first kappa shape index (κ1) is 14.1. The summed E-state index contributed by atoms with van der Waals surface area (Å²) in [6.45, 7) is 3.52. The Hall–Kier alpha value is -1.30. The van der Waals surface area contributed by atoms with Crippen LogP contribution in [0.1, 0.15) is 25.3 Å². The molecule has 1 saturated heterocycles. The maximum atomic E-state index is 12.4. The maximum Gasteiger partial charge on any atom is 0.417 e. The van der Waals surface area contributed by atoms with Crippen LogP contribution >= 0.6 is 0 Å². The molecule has 2 heterocycles. The molecule has 1 aliphatic heterocycles. The second-order valence-corrected chi connectivity index (χ2v) is 4.81. The minimum atomic E-state index is -4.34. The van der Waals surface area contributed by atoms with E-state index in [9.17, 15) is 13.2 Å². The molecule has 1 N–H and O–H groups in total. The Morgan fingerprint density at radius 1 is 1.32 bits per heavy atom. The van der Waals surface area contributed by atoms with Gasteiger partial charge in [0.25, 0.3) is 0 Å². The summed E-state index contributed by atoms with van der Waals surface area (Å²) in [6, 6.07) is 2.60. The van der Waals surface area contributed by atoms with E-state index in [2.05, 4.69) is 10.3 Å². The van der Waals surface area contributed by atoms with Crippen LogP contribution in [0.5, 0.6) is 0 Å². The number of alkyl halides is 3. The third-order valence-corrected chi connectivity index (χ3v) is 3.44. The van der Waals surface area contributed by atoms with Crippen LogP contribution in [0.3, 0.4) is 0 Å². The van der Waals surface area contributed by atoms with E-state index >= 15 is 0 Å². The van der Waals surface area contributed by atoms with E-state index in [0.717, 1.165) is 38.3 Å². The summed E-state index contributed by atoms with van der Waals surface area (Å²) in [5, 5.41) is 3.16. The molecule has 0 bridgehead atoms. The molecule has 1 aliphatic rings. The number of aromatic nitrogens is 1. The summed E-state index contributed by atoms with van der Waals surface area (Å²) in [5.41, 5.74) is -0.725. The standard InChI is InChI=1S/C13H17F3N2O/c1-9(10-4-6-19-7-5-10)18-12-3-2-11(8-17-12)13(14,15)16/h2-3,8-10H,4-7H2,1H3,(H,17,18)/t9-/m1/s1. The molecule has 19 heavy (non-hydrogen) atoms. The molecule has 3 nitrogen and oxygen atoms in total. The fourth-order valence-electron chi connectivity index (χ4n) is 2.21. The lowest BCUT2D eigenvalue weighted by Gasteiger charge is -2.28. The summed E-state index contributed by atoms with van der Waals surface area (Å²) in [7, 11) is 0. The molecule has 2 rings (SSSR count). The molecular weight excluding hydrogens is 257 g/mol. The van der Waals surface area contributed by atoms with Crippen molar-refractivity contribution in [1.82, 2.24) is 4.98 Å². The Kier molecular flexibility index (Phi) is 4.29. The van der Waals surface area contributed by atoms with Crippen molar-refractivity contribution in [3.05, 3.63) is 23.9 Å². The Morgan fingerprint density at radius 2 is 2.00 bits per heavy atom. The van der Waals surface area contributed by atoms with Crippen molar-refractivity contribution in [3.63, 3.8) is 0 Å². The number of rotatable bonds is 3. The first-order valence-corrected chi connectivity index (χ1v) is 6.34. The van der Waals surface area contributed by atoms with Gasteiger partial charge in [-0.05, 0) is 37.8 Å². The highest BCUT2D eigenvalue weighted by Crippen LogP contribution is 2.29. The highest BCUT2D eigenvalue weighted by Gasteiger charge is 2.30. The summed E-state index contributed by atoms with van der Waals surface area (Å²) < 4.78 is 42.5. The van der Waals surface area contributed by atoms with Gasteiger partial charge in [0.15, 0.2) is 0 Å². The molecule has 0 spiro atoms. The molecule has 6 heteroatoms. The van der Waals surface area contributed by atoms with Crippen molar-refractivity contribution in [2.45, 2.75) is 32.0 Å². The highest BCUT2D eigenvalue weighted by atomic mass is 19.4. The quantitative estimate of drug-likeness (QED) is 0.918. The zero-order chi connectivity index (χ0) is 13.9. The first-order valence-electron chi connectivity index (χ1n) is 6.34. The van der Waals surface area contributed by atoms with E-state index in [4.69, 9.17) is 4.74 Å². The number of ether oxygens (including phenoxy) is 1. The first-order chi connectivity index (χ1) is 8.97. The number of nitrogens with zero attached hydrogens (tertiary/aromatic N) is 1. The minimum Gasteiger partial charge on any atom is -0.381 e. The van der Waals surface area contributed by atoms with Gasteiger partial charge in [-0.2, -0.15) is 13.2 Å². The Balaban J connectivity index is 1.95. The third kappa shape index (κ3) is 3.83. The third-order valence-electron chi connectivity index (χ3n) is 3.44. The normalized spacial score (nSPS) is 19.2. The average Bonchev–Trinajstić information content (AvgIpc) is 2.39. The van der Waals surface area contributed by atoms with Gasteiger partial charge in [0.05, 0.1) is 5.56 Å². The van der Waals surface area contributed by atoms with Crippen molar-refractivity contribution < 1.29 is 17.9 Å².